The topological polar surface area (TPSA) is 60.9 Å². The number of carbonyl (C=O) groups is 2. The second-order valence-corrected chi connectivity index (χ2v) is 6.40. The molecule has 1 heterocycles. The number of rotatable bonds is 3. The van der Waals surface area contributed by atoms with Gasteiger partial charge in [-0.2, -0.15) is 0 Å². The van der Waals surface area contributed by atoms with Crippen LogP contribution in [0.1, 0.15) is 44.0 Å². The van der Waals surface area contributed by atoms with E-state index in [2.05, 4.69) is 13.8 Å². The highest BCUT2D eigenvalue weighted by atomic mass is 16.3. The Hall–Kier alpha value is -2.82. The quantitative estimate of drug-likeness (QED) is 0.827. The standard InChI is InChI=1S/C11H12N2O2.C7H8O.C4H10/c1-12-10(15)7-13(8-14)11(12)9-5-3-2-4-6-9;1-6-2-4-7(8)5-3-6;1-3-4-2/h2-6,8,11H,7H2,1H3;2-5,8H,1H3;3-4H2,1-2H3. The summed E-state index contributed by atoms with van der Waals surface area (Å²) in [4.78, 5) is 25.4. The normalized spacial score (nSPS) is 15.4. The molecular weight excluding hydrogens is 340 g/mol. The molecule has 1 unspecified atom stereocenters. The summed E-state index contributed by atoms with van der Waals surface area (Å²) in [5.74, 6) is 0.298. The van der Waals surface area contributed by atoms with Crippen LogP contribution in [0.2, 0.25) is 0 Å². The molecule has 0 spiro atoms. The molecule has 0 saturated carbocycles. The molecule has 5 nitrogen and oxygen atoms in total. The summed E-state index contributed by atoms with van der Waals surface area (Å²) < 4.78 is 0. The number of aromatic hydroxyl groups is 1. The fourth-order valence-corrected chi connectivity index (χ4v) is 2.39. The number of likely N-dealkylation sites (N-methyl/N-ethyl adjacent to an activating group) is 1. The highest BCUT2D eigenvalue weighted by molar-refractivity contribution is 5.83. The van der Waals surface area contributed by atoms with Gasteiger partial charge in [-0.15, -0.1) is 0 Å². The van der Waals surface area contributed by atoms with Crippen molar-refractivity contribution in [2.75, 3.05) is 13.6 Å². The highest BCUT2D eigenvalue weighted by Gasteiger charge is 2.35. The first-order valence-electron chi connectivity index (χ1n) is 9.21. The predicted octanol–water partition coefficient (Wildman–Crippen LogP) is 4.12. The predicted molar refractivity (Wildman–Crippen MR) is 108 cm³/mol. The maximum Gasteiger partial charge on any atom is 0.243 e. The molecule has 1 N–H and O–H groups in total. The summed E-state index contributed by atoms with van der Waals surface area (Å²) in [5.41, 5.74) is 2.13. The molecule has 2 aromatic carbocycles. The van der Waals surface area contributed by atoms with Gasteiger partial charge in [0.05, 0.1) is 0 Å². The molecule has 1 saturated heterocycles. The first-order chi connectivity index (χ1) is 12.9. The van der Waals surface area contributed by atoms with E-state index < -0.39 is 0 Å². The summed E-state index contributed by atoms with van der Waals surface area (Å²) in [6, 6.07) is 16.6. The Morgan fingerprint density at radius 1 is 1.04 bits per heavy atom. The smallest absolute Gasteiger partial charge is 0.243 e. The number of nitrogens with zero attached hydrogens (tertiary/aromatic N) is 2. The Labute approximate surface area is 162 Å². The molecule has 1 fully saturated rings. The molecule has 3 rings (SSSR count). The lowest BCUT2D eigenvalue weighted by Crippen LogP contribution is -2.28. The molecule has 0 radical (unpaired) electrons. The number of carbonyl (C=O) groups excluding carboxylic acids is 2. The number of hydrogen-bond acceptors (Lipinski definition) is 3. The van der Waals surface area contributed by atoms with Gasteiger partial charge in [0, 0.05) is 7.05 Å². The van der Waals surface area contributed by atoms with E-state index in [1.54, 1.807) is 24.1 Å². The summed E-state index contributed by atoms with van der Waals surface area (Å²) in [5, 5.41) is 8.76. The third-order valence-corrected chi connectivity index (χ3v) is 4.16. The lowest BCUT2D eigenvalue weighted by molar-refractivity contribution is -0.126. The van der Waals surface area contributed by atoms with E-state index in [0.29, 0.717) is 5.75 Å². The SMILES string of the molecule is CCCC.CN1C(=O)CN(C=O)C1c1ccccc1.Cc1ccc(O)cc1. The lowest BCUT2D eigenvalue weighted by atomic mass is 10.1. The second kappa shape index (κ2) is 11.7. The molecule has 0 aliphatic carbocycles. The number of phenols is 1. The molecule has 2 aromatic rings. The van der Waals surface area contributed by atoms with Crippen LogP contribution in [0.4, 0.5) is 0 Å². The van der Waals surface area contributed by atoms with Crippen LogP contribution in [0.5, 0.6) is 5.75 Å². The fourth-order valence-electron chi connectivity index (χ4n) is 2.39. The average molecular weight is 370 g/mol. The van der Waals surface area contributed by atoms with Crippen LogP contribution in [0.3, 0.4) is 0 Å². The maximum atomic E-state index is 11.5. The van der Waals surface area contributed by atoms with E-state index in [9.17, 15) is 9.59 Å². The number of hydrogen-bond donors (Lipinski definition) is 1. The van der Waals surface area contributed by atoms with Gasteiger partial charge in [-0.1, -0.05) is 74.7 Å². The Morgan fingerprint density at radius 2 is 1.59 bits per heavy atom. The van der Waals surface area contributed by atoms with Crippen molar-refractivity contribution in [1.82, 2.24) is 9.80 Å². The minimum Gasteiger partial charge on any atom is -0.508 e. The third kappa shape index (κ3) is 7.13. The molecule has 1 atom stereocenters. The maximum absolute atomic E-state index is 11.5. The van der Waals surface area contributed by atoms with Gasteiger partial charge in [0.2, 0.25) is 12.3 Å². The number of benzene rings is 2. The Bertz CT molecular complexity index is 663. The van der Waals surface area contributed by atoms with Gasteiger partial charge in [0.1, 0.15) is 18.5 Å². The zero-order valence-electron chi connectivity index (χ0n) is 16.6. The minimum atomic E-state index is -0.254. The van der Waals surface area contributed by atoms with Crippen molar-refractivity contribution in [3.63, 3.8) is 0 Å². The van der Waals surface area contributed by atoms with Gasteiger partial charge < -0.3 is 14.9 Å². The van der Waals surface area contributed by atoms with Crippen molar-refractivity contribution in [3.8, 4) is 5.75 Å². The van der Waals surface area contributed by atoms with Gasteiger partial charge in [-0.25, -0.2) is 0 Å². The first-order valence-corrected chi connectivity index (χ1v) is 9.21. The van der Waals surface area contributed by atoms with E-state index in [4.69, 9.17) is 5.11 Å². The fraction of sp³-hybridized carbons (Fsp3) is 0.364. The van der Waals surface area contributed by atoms with E-state index in [1.807, 2.05) is 49.4 Å². The number of unbranched alkanes of at least 4 members (excludes halogenated alkanes) is 1. The molecule has 146 valence electrons. The van der Waals surface area contributed by atoms with E-state index in [-0.39, 0.29) is 18.6 Å². The van der Waals surface area contributed by atoms with Gasteiger partial charge >= 0.3 is 0 Å². The van der Waals surface area contributed by atoms with Crippen LogP contribution in [0.15, 0.2) is 54.6 Å². The van der Waals surface area contributed by atoms with Gasteiger partial charge in [-0.3, -0.25) is 9.59 Å². The second-order valence-electron chi connectivity index (χ2n) is 6.40. The average Bonchev–Trinajstić information content (AvgIpc) is 2.99. The van der Waals surface area contributed by atoms with Gasteiger partial charge in [0.25, 0.3) is 0 Å². The number of aryl methyl sites for hydroxylation is 1. The molecule has 0 aromatic heterocycles. The zero-order chi connectivity index (χ0) is 20.2. The number of amides is 2. The summed E-state index contributed by atoms with van der Waals surface area (Å²) in [6.07, 6.45) is 3.11. The summed E-state index contributed by atoms with van der Waals surface area (Å²) >= 11 is 0. The van der Waals surface area contributed by atoms with Crippen LogP contribution in [-0.4, -0.2) is 40.8 Å². The molecular formula is C22H30N2O3. The van der Waals surface area contributed by atoms with E-state index >= 15 is 0 Å². The van der Waals surface area contributed by atoms with Crippen molar-refractivity contribution in [2.24, 2.45) is 0 Å². The monoisotopic (exact) mass is 370 g/mol. The van der Waals surface area contributed by atoms with Crippen molar-refractivity contribution in [3.05, 3.63) is 65.7 Å². The third-order valence-electron chi connectivity index (χ3n) is 4.16. The van der Waals surface area contributed by atoms with Crippen LogP contribution < -0.4 is 0 Å². The highest BCUT2D eigenvalue weighted by Crippen LogP contribution is 2.27. The van der Waals surface area contributed by atoms with Crippen LogP contribution in [0, 0.1) is 6.92 Å². The van der Waals surface area contributed by atoms with Crippen molar-refractivity contribution >= 4 is 12.3 Å². The van der Waals surface area contributed by atoms with E-state index in [1.165, 1.54) is 23.3 Å². The summed E-state index contributed by atoms with van der Waals surface area (Å²) in [6.45, 7) is 6.51. The minimum absolute atomic E-state index is 0.0315. The molecule has 1 aliphatic rings. The largest absolute Gasteiger partial charge is 0.508 e. The van der Waals surface area contributed by atoms with Crippen molar-refractivity contribution in [1.29, 1.82) is 0 Å². The summed E-state index contributed by atoms with van der Waals surface area (Å²) in [7, 11) is 1.71. The van der Waals surface area contributed by atoms with Crippen molar-refractivity contribution in [2.45, 2.75) is 39.8 Å². The van der Waals surface area contributed by atoms with Crippen LogP contribution in [0.25, 0.3) is 0 Å². The van der Waals surface area contributed by atoms with Crippen molar-refractivity contribution < 1.29 is 14.7 Å². The Morgan fingerprint density at radius 3 is 2.04 bits per heavy atom. The Balaban J connectivity index is 0.000000254. The molecule has 27 heavy (non-hydrogen) atoms. The molecule has 1 aliphatic heterocycles. The number of phenolic OH excluding ortho intramolecular Hbond substituents is 1. The molecule has 0 bridgehead atoms. The van der Waals surface area contributed by atoms with Gasteiger partial charge in [-0.05, 0) is 24.6 Å². The molecule has 5 heteroatoms. The van der Waals surface area contributed by atoms with Crippen LogP contribution >= 0.6 is 0 Å². The molecule has 2 amide bonds. The van der Waals surface area contributed by atoms with E-state index in [0.717, 1.165) is 12.0 Å². The Kier molecular flexibility index (Phi) is 9.65. The first kappa shape index (κ1) is 22.2. The van der Waals surface area contributed by atoms with Gasteiger partial charge in [0.15, 0.2) is 0 Å². The lowest BCUT2D eigenvalue weighted by Gasteiger charge is -2.24. The zero-order valence-corrected chi connectivity index (χ0v) is 16.6. The van der Waals surface area contributed by atoms with Crippen LogP contribution in [-0.2, 0) is 9.59 Å².